The molecule has 2 aromatic rings. The van der Waals surface area contributed by atoms with Crippen LogP contribution in [0.5, 0.6) is 0 Å². The first kappa shape index (κ1) is 14.3. The average molecular weight is 303 g/mol. The summed E-state index contributed by atoms with van der Waals surface area (Å²) in [6, 6.07) is 16.1. The second-order valence-electron chi connectivity index (χ2n) is 5.55. The largest absolute Gasteiger partial charge is 0.341 e. The van der Waals surface area contributed by atoms with E-state index in [1.54, 1.807) is 0 Å². The van der Waals surface area contributed by atoms with Crippen LogP contribution in [0.15, 0.2) is 48.5 Å². The van der Waals surface area contributed by atoms with Crippen molar-refractivity contribution in [1.82, 2.24) is 0 Å². The topological polar surface area (TPSA) is 60.8 Å². The second-order valence-corrected chi connectivity index (χ2v) is 7.25. The molecule has 110 valence electrons. The SMILES string of the molecule is Cc1ccc2c(c1)C(CP(=O)(O)O)CN2c1ccccc1. The zero-order valence-electron chi connectivity index (χ0n) is 11.8. The molecule has 5 heteroatoms. The van der Waals surface area contributed by atoms with Crippen molar-refractivity contribution in [2.24, 2.45) is 0 Å². The van der Waals surface area contributed by atoms with Crippen molar-refractivity contribution < 1.29 is 14.4 Å². The molecule has 21 heavy (non-hydrogen) atoms. The Morgan fingerprint density at radius 2 is 1.90 bits per heavy atom. The van der Waals surface area contributed by atoms with Crippen LogP contribution >= 0.6 is 7.60 Å². The van der Waals surface area contributed by atoms with E-state index in [9.17, 15) is 14.4 Å². The Morgan fingerprint density at radius 3 is 2.57 bits per heavy atom. The van der Waals surface area contributed by atoms with Gasteiger partial charge in [-0.1, -0.05) is 35.9 Å². The molecule has 0 saturated heterocycles. The van der Waals surface area contributed by atoms with Crippen LogP contribution in [-0.2, 0) is 4.57 Å². The zero-order valence-corrected chi connectivity index (χ0v) is 12.7. The maximum Gasteiger partial charge on any atom is 0.326 e. The summed E-state index contributed by atoms with van der Waals surface area (Å²) in [6.45, 7) is 2.61. The molecule has 1 atom stereocenters. The predicted molar refractivity (Wildman–Crippen MR) is 84.3 cm³/mol. The lowest BCUT2D eigenvalue weighted by Crippen LogP contribution is -2.17. The molecule has 1 aliphatic heterocycles. The number of benzene rings is 2. The van der Waals surface area contributed by atoms with Gasteiger partial charge in [-0.2, -0.15) is 0 Å². The summed E-state index contributed by atoms with van der Waals surface area (Å²) in [4.78, 5) is 20.8. The maximum atomic E-state index is 11.4. The fraction of sp³-hybridized carbons (Fsp3) is 0.250. The van der Waals surface area contributed by atoms with Crippen LogP contribution in [-0.4, -0.2) is 22.5 Å². The minimum Gasteiger partial charge on any atom is -0.341 e. The monoisotopic (exact) mass is 303 g/mol. The van der Waals surface area contributed by atoms with Gasteiger partial charge in [0.25, 0.3) is 0 Å². The van der Waals surface area contributed by atoms with E-state index in [2.05, 4.69) is 4.90 Å². The van der Waals surface area contributed by atoms with Gasteiger partial charge in [-0.05, 0) is 30.7 Å². The minimum absolute atomic E-state index is 0.104. The van der Waals surface area contributed by atoms with Crippen molar-refractivity contribution in [2.75, 3.05) is 17.6 Å². The third-order valence-electron chi connectivity index (χ3n) is 3.84. The van der Waals surface area contributed by atoms with Crippen LogP contribution in [0.2, 0.25) is 0 Å². The van der Waals surface area contributed by atoms with Crippen LogP contribution in [0, 0.1) is 6.92 Å². The summed E-state index contributed by atoms with van der Waals surface area (Å²) in [7, 11) is -4.03. The number of nitrogens with zero attached hydrogens (tertiary/aromatic N) is 1. The zero-order chi connectivity index (χ0) is 15.0. The van der Waals surface area contributed by atoms with E-state index in [0.29, 0.717) is 6.54 Å². The Morgan fingerprint density at radius 1 is 1.19 bits per heavy atom. The highest BCUT2D eigenvalue weighted by molar-refractivity contribution is 7.51. The molecule has 0 radical (unpaired) electrons. The van der Waals surface area contributed by atoms with Crippen LogP contribution in [0.1, 0.15) is 17.0 Å². The van der Waals surface area contributed by atoms with E-state index >= 15 is 0 Å². The van der Waals surface area contributed by atoms with Crippen LogP contribution in [0.3, 0.4) is 0 Å². The molecule has 0 fully saturated rings. The first-order chi connectivity index (χ1) is 9.94. The van der Waals surface area contributed by atoms with Crippen molar-refractivity contribution in [1.29, 1.82) is 0 Å². The molecule has 0 aliphatic carbocycles. The van der Waals surface area contributed by atoms with Crippen LogP contribution in [0.25, 0.3) is 0 Å². The lowest BCUT2D eigenvalue weighted by molar-refractivity contribution is 0.369. The van der Waals surface area contributed by atoms with Gasteiger partial charge in [-0.25, -0.2) is 0 Å². The second kappa shape index (κ2) is 5.30. The smallest absolute Gasteiger partial charge is 0.326 e. The molecule has 3 rings (SSSR count). The first-order valence-corrected chi connectivity index (χ1v) is 8.71. The van der Waals surface area contributed by atoms with Gasteiger partial charge in [0.15, 0.2) is 0 Å². The summed E-state index contributed by atoms with van der Waals surface area (Å²) < 4.78 is 11.4. The molecule has 4 nitrogen and oxygen atoms in total. The molecule has 1 heterocycles. The van der Waals surface area contributed by atoms with Gasteiger partial charge in [0.05, 0.1) is 6.16 Å². The van der Waals surface area contributed by atoms with Crippen molar-refractivity contribution >= 4 is 19.0 Å². The lowest BCUT2D eigenvalue weighted by Gasteiger charge is -2.20. The molecule has 0 bridgehead atoms. The van der Waals surface area contributed by atoms with Crippen LogP contribution < -0.4 is 4.90 Å². The summed E-state index contributed by atoms with van der Waals surface area (Å²) in [6.07, 6.45) is -0.104. The molecule has 0 spiro atoms. The molecule has 2 N–H and O–H groups in total. The van der Waals surface area contributed by atoms with Gasteiger partial charge in [0.2, 0.25) is 0 Å². The molecule has 2 aromatic carbocycles. The van der Waals surface area contributed by atoms with Gasteiger partial charge in [0.1, 0.15) is 0 Å². The van der Waals surface area contributed by atoms with Crippen molar-refractivity contribution in [2.45, 2.75) is 12.8 Å². The van der Waals surface area contributed by atoms with Crippen LogP contribution in [0.4, 0.5) is 11.4 Å². The Hall–Kier alpha value is -1.61. The van der Waals surface area contributed by atoms with Gasteiger partial charge >= 0.3 is 7.60 Å². The molecule has 1 aliphatic rings. The highest BCUT2D eigenvalue weighted by Gasteiger charge is 2.33. The van der Waals surface area contributed by atoms with Gasteiger partial charge in [-0.15, -0.1) is 0 Å². The first-order valence-electron chi connectivity index (χ1n) is 6.92. The average Bonchev–Trinajstić information content (AvgIpc) is 2.76. The quantitative estimate of drug-likeness (QED) is 0.853. The fourth-order valence-electron chi connectivity index (χ4n) is 2.96. The van der Waals surface area contributed by atoms with Gasteiger partial charge in [0, 0.05) is 23.8 Å². The van der Waals surface area contributed by atoms with E-state index < -0.39 is 7.60 Å². The molecule has 1 unspecified atom stereocenters. The van der Waals surface area contributed by atoms with Gasteiger partial charge in [-0.3, -0.25) is 4.57 Å². The minimum atomic E-state index is -4.03. The number of hydrogen-bond donors (Lipinski definition) is 2. The summed E-state index contributed by atoms with van der Waals surface area (Å²) in [5.41, 5.74) is 4.24. The summed E-state index contributed by atoms with van der Waals surface area (Å²) >= 11 is 0. The molecule has 0 saturated carbocycles. The number of rotatable bonds is 3. The Labute approximate surface area is 124 Å². The third-order valence-corrected chi connectivity index (χ3v) is 4.76. The standard InChI is InChI=1S/C16H18NO3P/c1-12-7-8-16-15(9-12)13(11-21(18,19)20)10-17(16)14-5-3-2-4-6-14/h2-9,13H,10-11H2,1H3,(H2,18,19,20). The van der Waals surface area contributed by atoms with Crippen molar-refractivity contribution in [3.05, 3.63) is 59.7 Å². The van der Waals surface area contributed by atoms with E-state index in [1.807, 2.05) is 55.5 Å². The molecule has 0 aromatic heterocycles. The van der Waals surface area contributed by atoms with E-state index in [4.69, 9.17) is 0 Å². The Balaban J connectivity index is 2.02. The Kier molecular flexibility index (Phi) is 3.62. The maximum absolute atomic E-state index is 11.4. The molecular formula is C16H18NO3P. The van der Waals surface area contributed by atoms with E-state index in [1.165, 1.54) is 0 Å². The normalized spacial score (nSPS) is 17.9. The van der Waals surface area contributed by atoms with Crippen molar-refractivity contribution in [3.63, 3.8) is 0 Å². The number of anilines is 2. The number of para-hydroxylation sites is 1. The van der Waals surface area contributed by atoms with Gasteiger partial charge < -0.3 is 14.7 Å². The molecule has 0 amide bonds. The predicted octanol–water partition coefficient (Wildman–Crippen LogP) is 3.41. The third kappa shape index (κ3) is 3.03. The fourth-order valence-corrected chi connectivity index (χ4v) is 3.85. The molecular weight excluding hydrogens is 285 g/mol. The summed E-state index contributed by atoms with van der Waals surface area (Å²) in [5.74, 6) is -0.138. The number of aryl methyl sites for hydroxylation is 1. The number of hydrogen-bond acceptors (Lipinski definition) is 2. The van der Waals surface area contributed by atoms with E-state index in [0.717, 1.165) is 22.5 Å². The number of fused-ring (bicyclic) bond motifs is 1. The highest BCUT2D eigenvalue weighted by atomic mass is 31.2. The lowest BCUT2D eigenvalue weighted by atomic mass is 10.0. The summed E-state index contributed by atoms with van der Waals surface area (Å²) in [5, 5.41) is 0. The Bertz CT molecular complexity index is 696. The highest BCUT2D eigenvalue weighted by Crippen LogP contribution is 2.48. The van der Waals surface area contributed by atoms with Crippen molar-refractivity contribution in [3.8, 4) is 0 Å². The van der Waals surface area contributed by atoms with E-state index in [-0.39, 0.29) is 12.1 Å².